The second-order valence-corrected chi connectivity index (χ2v) is 6.86. The fraction of sp³-hybridized carbons (Fsp3) is 0.500. The highest BCUT2D eigenvalue weighted by atomic mass is 35.5. The summed E-state index contributed by atoms with van der Waals surface area (Å²) in [7, 11) is -4.33. The van der Waals surface area contributed by atoms with Crippen molar-refractivity contribution in [2.24, 2.45) is 0 Å². The highest BCUT2D eigenvalue weighted by Crippen LogP contribution is 2.25. The Kier molecular flexibility index (Phi) is 5.65. The minimum Gasteiger partial charge on any atom is -0.309 e. The van der Waals surface area contributed by atoms with Crippen LogP contribution in [0.3, 0.4) is 0 Å². The molecule has 1 fully saturated rings. The molecule has 1 aliphatic heterocycles. The highest BCUT2D eigenvalue weighted by Gasteiger charge is 2.35. The Morgan fingerprint density at radius 3 is 1.95 bits per heavy atom. The lowest BCUT2D eigenvalue weighted by Crippen LogP contribution is -2.55. The van der Waals surface area contributed by atoms with E-state index >= 15 is 0 Å². The van der Waals surface area contributed by atoms with Gasteiger partial charge in [-0.2, -0.15) is 4.31 Å². The van der Waals surface area contributed by atoms with Crippen LogP contribution in [-0.2, 0) is 10.0 Å². The van der Waals surface area contributed by atoms with Gasteiger partial charge in [-0.25, -0.2) is 21.6 Å². The predicted molar refractivity (Wildman–Crippen MR) is 74.4 cm³/mol. The van der Waals surface area contributed by atoms with Gasteiger partial charge in [-0.1, -0.05) is 0 Å². The zero-order valence-corrected chi connectivity index (χ0v) is 13.1. The van der Waals surface area contributed by atoms with Gasteiger partial charge < -0.3 is 5.32 Å². The maximum absolute atomic E-state index is 13.7. The molecule has 2 atom stereocenters. The number of halogens is 4. The van der Waals surface area contributed by atoms with E-state index in [2.05, 4.69) is 5.32 Å². The van der Waals surface area contributed by atoms with Gasteiger partial charge in [-0.3, -0.25) is 0 Å². The minimum absolute atomic E-state index is 0. The van der Waals surface area contributed by atoms with E-state index in [-0.39, 0.29) is 37.6 Å². The molecule has 0 radical (unpaired) electrons. The number of nitrogens with zero attached hydrogens (tertiary/aromatic N) is 1. The van der Waals surface area contributed by atoms with E-state index in [1.807, 2.05) is 0 Å². The lowest BCUT2D eigenvalue weighted by atomic mass is 10.2. The van der Waals surface area contributed by atoms with Crippen LogP contribution in [0.25, 0.3) is 0 Å². The van der Waals surface area contributed by atoms with Crippen LogP contribution in [0.4, 0.5) is 13.2 Å². The van der Waals surface area contributed by atoms with Crippen LogP contribution < -0.4 is 5.32 Å². The summed E-state index contributed by atoms with van der Waals surface area (Å²) in [5.41, 5.74) is 0. The Morgan fingerprint density at radius 2 is 1.52 bits per heavy atom. The Morgan fingerprint density at radius 1 is 1.10 bits per heavy atom. The van der Waals surface area contributed by atoms with Crippen molar-refractivity contribution < 1.29 is 21.6 Å². The summed E-state index contributed by atoms with van der Waals surface area (Å²) >= 11 is 0. The van der Waals surface area contributed by atoms with Gasteiger partial charge in [-0.05, 0) is 13.8 Å². The molecule has 4 nitrogen and oxygen atoms in total. The Hall–Kier alpha value is -0.830. The summed E-state index contributed by atoms with van der Waals surface area (Å²) in [6.45, 7) is 3.75. The molecule has 1 aromatic rings. The molecule has 2 rings (SSSR count). The fourth-order valence-corrected chi connectivity index (χ4v) is 4.09. The van der Waals surface area contributed by atoms with Crippen LogP contribution in [-0.4, -0.2) is 37.9 Å². The van der Waals surface area contributed by atoms with Crippen molar-refractivity contribution >= 4 is 22.4 Å². The molecule has 120 valence electrons. The first-order valence-corrected chi connectivity index (χ1v) is 7.56. The Balaban J connectivity index is 0.00000220. The van der Waals surface area contributed by atoms with Crippen LogP contribution in [0.1, 0.15) is 13.8 Å². The second kappa shape index (κ2) is 6.51. The van der Waals surface area contributed by atoms with Gasteiger partial charge in [0.1, 0.15) is 17.5 Å². The fourth-order valence-electron chi connectivity index (χ4n) is 2.38. The van der Waals surface area contributed by atoms with Crippen molar-refractivity contribution in [3.05, 3.63) is 29.6 Å². The third-order valence-electron chi connectivity index (χ3n) is 3.08. The van der Waals surface area contributed by atoms with Crippen molar-refractivity contribution in [1.82, 2.24) is 9.62 Å². The number of hydrogen-bond donors (Lipinski definition) is 1. The van der Waals surface area contributed by atoms with Crippen molar-refractivity contribution in [1.29, 1.82) is 0 Å². The Bertz CT molecular complexity index is 594. The maximum Gasteiger partial charge on any atom is 0.249 e. The molecule has 0 aromatic heterocycles. The smallest absolute Gasteiger partial charge is 0.249 e. The molecule has 1 aromatic carbocycles. The zero-order chi connectivity index (χ0) is 15.1. The first-order valence-electron chi connectivity index (χ1n) is 6.12. The molecule has 1 N–H and O–H groups in total. The third kappa shape index (κ3) is 3.68. The van der Waals surface area contributed by atoms with Gasteiger partial charge in [-0.15, -0.1) is 12.4 Å². The summed E-state index contributed by atoms with van der Waals surface area (Å²) in [5, 5.41) is 3.12. The number of piperazine rings is 1. The summed E-state index contributed by atoms with van der Waals surface area (Å²) in [6.07, 6.45) is 0. The molecule has 0 spiro atoms. The van der Waals surface area contributed by atoms with Gasteiger partial charge in [0, 0.05) is 37.3 Å². The average molecular weight is 345 g/mol. The average Bonchev–Trinajstić information content (AvgIpc) is 2.25. The summed E-state index contributed by atoms with van der Waals surface area (Å²) in [5.74, 6) is -3.98. The monoisotopic (exact) mass is 344 g/mol. The first-order chi connectivity index (χ1) is 9.21. The maximum atomic E-state index is 13.7. The predicted octanol–water partition coefficient (Wildman–Crippen LogP) is 1.90. The van der Waals surface area contributed by atoms with Crippen molar-refractivity contribution in [2.45, 2.75) is 30.8 Å². The molecular formula is C12H16ClF3N2O2S. The van der Waals surface area contributed by atoms with Gasteiger partial charge >= 0.3 is 0 Å². The molecule has 0 saturated carbocycles. The van der Waals surface area contributed by atoms with Gasteiger partial charge in [0.25, 0.3) is 0 Å². The number of nitrogens with one attached hydrogen (secondary N) is 1. The lowest BCUT2D eigenvalue weighted by Gasteiger charge is -2.35. The molecule has 1 heterocycles. The molecule has 9 heteroatoms. The topological polar surface area (TPSA) is 49.4 Å². The minimum atomic E-state index is -4.33. The van der Waals surface area contributed by atoms with Crippen molar-refractivity contribution in [3.63, 3.8) is 0 Å². The molecule has 21 heavy (non-hydrogen) atoms. The van der Waals surface area contributed by atoms with E-state index < -0.39 is 32.4 Å². The molecule has 1 aliphatic rings. The van der Waals surface area contributed by atoms with Crippen molar-refractivity contribution in [3.8, 4) is 0 Å². The van der Waals surface area contributed by atoms with E-state index in [1.54, 1.807) is 13.8 Å². The summed E-state index contributed by atoms with van der Waals surface area (Å²) < 4.78 is 65.8. The van der Waals surface area contributed by atoms with Gasteiger partial charge in [0.15, 0.2) is 4.90 Å². The van der Waals surface area contributed by atoms with Crippen LogP contribution in [0.5, 0.6) is 0 Å². The number of hydrogen-bond acceptors (Lipinski definition) is 3. The molecule has 0 amide bonds. The molecular weight excluding hydrogens is 329 g/mol. The quantitative estimate of drug-likeness (QED) is 0.891. The number of sulfonamides is 1. The lowest BCUT2D eigenvalue weighted by molar-refractivity contribution is 0.261. The van der Waals surface area contributed by atoms with Gasteiger partial charge in [0.2, 0.25) is 10.0 Å². The Labute approximate surface area is 127 Å². The summed E-state index contributed by atoms with van der Waals surface area (Å²) in [6, 6.07) is 0.455. The molecule has 2 unspecified atom stereocenters. The third-order valence-corrected chi connectivity index (χ3v) is 4.97. The molecule has 0 bridgehead atoms. The van der Waals surface area contributed by atoms with Crippen molar-refractivity contribution in [2.75, 3.05) is 13.1 Å². The van der Waals surface area contributed by atoms with Crippen LogP contribution >= 0.6 is 12.4 Å². The molecule has 1 saturated heterocycles. The SMILES string of the molecule is CC1CN(S(=O)(=O)c2c(F)cc(F)cc2F)CC(C)N1.Cl. The largest absolute Gasteiger partial charge is 0.309 e. The normalized spacial score (nSPS) is 23.7. The zero-order valence-electron chi connectivity index (χ0n) is 11.4. The van der Waals surface area contributed by atoms with Crippen LogP contribution in [0.15, 0.2) is 17.0 Å². The number of benzene rings is 1. The van der Waals surface area contributed by atoms with Crippen LogP contribution in [0, 0.1) is 17.5 Å². The summed E-state index contributed by atoms with van der Waals surface area (Å²) in [4.78, 5) is -1.10. The number of rotatable bonds is 2. The standard InChI is InChI=1S/C12H15F3N2O2S.ClH/c1-7-5-17(6-8(2)16-7)20(18,19)12-10(14)3-9(13)4-11(12)15;/h3-4,7-8,16H,5-6H2,1-2H3;1H. The second-order valence-electron chi connectivity index (χ2n) is 4.99. The van der Waals surface area contributed by atoms with E-state index in [0.717, 1.165) is 4.31 Å². The highest BCUT2D eigenvalue weighted by molar-refractivity contribution is 7.89. The van der Waals surface area contributed by atoms with E-state index in [1.165, 1.54) is 0 Å². The van der Waals surface area contributed by atoms with E-state index in [4.69, 9.17) is 0 Å². The van der Waals surface area contributed by atoms with Gasteiger partial charge in [0.05, 0.1) is 0 Å². The van der Waals surface area contributed by atoms with E-state index in [0.29, 0.717) is 12.1 Å². The van der Waals surface area contributed by atoms with E-state index in [9.17, 15) is 21.6 Å². The molecule has 0 aliphatic carbocycles. The van der Waals surface area contributed by atoms with Crippen LogP contribution in [0.2, 0.25) is 0 Å². The first kappa shape index (κ1) is 18.2.